The molecular formula is C15H15ClN2O3S. The lowest BCUT2D eigenvalue weighted by molar-refractivity contribution is 0.0528. The van der Waals surface area contributed by atoms with Crippen LogP contribution in [0.2, 0.25) is 5.15 Å². The summed E-state index contributed by atoms with van der Waals surface area (Å²) in [4.78, 5) is 29.0. The molecular weight excluding hydrogens is 324 g/mol. The van der Waals surface area contributed by atoms with E-state index in [4.69, 9.17) is 16.3 Å². The molecule has 0 aliphatic rings. The molecule has 0 radical (unpaired) electrons. The molecule has 0 saturated carbocycles. The van der Waals surface area contributed by atoms with Crippen molar-refractivity contribution in [2.75, 3.05) is 11.9 Å². The Morgan fingerprint density at radius 1 is 1.36 bits per heavy atom. The van der Waals surface area contributed by atoms with Crippen LogP contribution >= 0.6 is 22.9 Å². The minimum atomic E-state index is -0.442. The summed E-state index contributed by atoms with van der Waals surface area (Å²) in [6, 6.07) is 4.86. The standard InChI is InChI=1S/C15H15ClN2O3S/c1-3-10-7-11(15(20)21-4-2)14(22-10)18-13(19)9-5-6-12(16)17-8-9/h5-8H,3-4H2,1-2H3,(H,18,19). The highest BCUT2D eigenvalue weighted by Crippen LogP contribution is 2.29. The lowest BCUT2D eigenvalue weighted by Gasteiger charge is -2.06. The molecule has 0 saturated heterocycles. The van der Waals surface area contributed by atoms with Crippen LogP contribution in [0.5, 0.6) is 0 Å². The number of anilines is 1. The summed E-state index contributed by atoms with van der Waals surface area (Å²) in [7, 11) is 0. The predicted octanol–water partition coefficient (Wildman–Crippen LogP) is 3.79. The molecule has 0 fully saturated rings. The quantitative estimate of drug-likeness (QED) is 0.665. The Morgan fingerprint density at radius 3 is 2.73 bits per heavy atom. The number of nitrogens with zero attached hydrogens (tertiary/aromatic N) is 1. The molecule has 0 aliphatic heterocycles. The Balaban J connectivity index is 2.24. The Morgan fingerprint density at radius 2 is 2.14 bits per heavy atom. The first-order valence-corrected chi connectivity index (χ1v) is 7.97. The van der Waals surface area contributed by atoms with Gasteiger partial charge in [0.05, 0.1) is 17.7 Å². The second-order valence-electron chi connectivity index (χ2n) is 4.35. The van der Waals surface area contributed by atoms with Gasteiger partial charge in [0.1, 0.15) is 10.2 Å². The van der Waals surface area contributed by atoms with E-state index in [0.717, 1.165) is 11.3 Å². The van der Waals surface area contributed by atoms with Gasteiger partial charge in [-0.25, -0.2) is 9.78 Å². The fourth-order valence-electron chi connectivity index (χ4n) is 1.76. The van der Waals surface area contributed by atoms with E-state index in [0.29, 0.717) is 21.3 Å². The Kier molecular flexibility index (Phi) is 5.51. The summed E-state index contributed by atoms with van der Waals surface area (Å²) in [5, 5.41) is 3.53. The topological polar surface area (TPSA) is 68.3 Å². The van der Waals surface area contributed by atoms with Crippen molar-refractivity contribution in [1.29, 1.82) is 0 Å². The first-order chi connectivity index (χ1) is 10.5. The molecule has 2 rings (SSSR count). The zero-order valence-corrected chi connectivity index (χ0v) is 13.8. The van der Waals surface area contributed by atoms with E-state index in [2.05, 4.69) is 10.3 Å². The van der Waals surface area contributed by atoms with Crippen LogP contribution in [0.4, 0.5) is 5.00 Å². The number of carbonyl (C=O) groups is 2. The monoisotopic (exact) mass is 338 g/mol. The van der Waals surface area contributed by atoms with E-state index in [-0.39, 0.29) is 12.5 Å². The van der Waals surface area contributed by atoms with Crippen LogP contribution in [0.25, 0.3) is 0 Å². The second-order valence-corrected chi connectivity index (χ2v) is 5.88. The number of nitrogens with one attached hydrogen (secondary N) is 1. The van der Waals surface area contributed by atoms with Crippen molar-refractivity contribution in [2.45, 2.75) is 20.3 Å². The van der Waals surface area contributed by atoms with E-state index in [9.17, 15) is 9.59 Å². The molecule has 0 bridgehead atoms. The van der Waals surface area contributed by atoms with E-state index in [1.807, 2.05) is 6.92 Å². The van der Waals surface area contributed by atoms with Crippen LogP contribution in [0, 0.1) is 0 Å². The fourth-order valence-corrected chi connectivity index (χ4v) is 2.85. The van der Waals surface area contributed by atoms with Crippen molar-refractivity contribution in [3.05, 3.63) is 45.6 Å². The third-order valence-electron chi connectivity index (χ3n) is 2.84. The average molecular weight is 339 g/mol. The molecule has 22 heavy (non-hydrogen) atoms. The highest BCUT2D eigenvalue weighted by atomic mass is 35.5. The van der Waals surface area contributed by atoms with Crippen molar-refractivity contribution in [1.82, 2.24) is 4.98 Å². The maximum Gasteiger partial charge on any atom is 0.341 e. The lowest BCUT2D eigenvalue weighted by Crippen LogP contribution is -2.14. The van der Waals surface area contributed by atoms with Gasteiger partial charge in [-0.2, -0.15) is 0 Å². The number of rotatable bonds is 5. The Labute approximate surface area is 137 Å². The molecule has 7 heteroatoms. The fraction of sp³-hybridized carbons (Fsp3) is 0.267. The maximum atomic E-state index is 12.2. The third kappa shape index (κ3) is 3.84. The number of thiophene rings is 1. The molecule has 0 aromatic carbocycles. The van der Waals surface area contributed by atoms with Crippen LogP contribution in [-0.2, 0) is 11.2 Å². The molecule has 1 amide bonds. The number of hydrogen-bond donors (Lipinski definition) is 1. The summed E-state index contributed by atoms with van der Waals surface area (Å²) in [5.41, 5.74) is 0.740. The molecule has 0 aliphatic carbocycles. The molecule has 2 aromatic rings. The maximum absolute atomic E-state index is 12.2. The Hall–Kier alpha value is -1.92. The molecule has 2 heterocycles. The first-order valence-electron chi connectivity index (χ1n) is 6.77. The van der Waals surface area contributed by atoms with Gasteiger partial charge >= 0.3 is 5.97 Å². The van der Waals surface area contributed by atoms with Crippen molar-refractivity contribution in [3.63, 3.8) is 0 Å². The largest absolute Gasteiger partial charge is 0.462 e. The highest BCUT2D eigenvalue weighted by Gasteiger charge is 2.19. The summed E-state index contributed by atoms with van der Waals surface area (Å²) in [5.74, 6) is -0.790. The zero-order chi connectivity index (χ0) is 16.1. The van der Waals surface area contributed by atoms with E-state index in [1.165, 1.54) is 23.6 Å². The summed E-state index contributed by atoms with van der Waals surface area (Å²) in [6.07, 6.45) is 2.16. The number of carbonyl (C=O) groups excluding carboxylic acids is 2. The molecule has 0 spiro atoms. The summed E-state index contributed by atoms with van der Waals surface area (Å²) < 4.78 is 5.02. The molecule has 2 aromatic heterocycles. The van der Waals surface area contributed by atoms with Crippen LogP contribution in [0.1, 0.15) is 39.4 Å². The first kappa shape index (κ1) is 16.5. The van der Waals surface area contributed by atoms with Gasteiger partial charge in [0.2, 0.25) is 0 Å². The third-order valence-corrected chi connectivity index (χ3v) is 4.26. The molecule has 0 atom stereocenters. The minimum absolute atomic E-state index is 0.282. The van der Waals surface area contributed by atoms with Gasteiger partial charge < -0.3 is 10.1 Å². The van der Waals surface area contributed by atoms with Gasteiger partial charge in [-0.1, -0.05) is 18.5 Å². The number of amides is 1. The second kappa shape index (κ2) is 7.38. The van der Waals surface area contributed by atoms with Gasteiger partial charge in [-0.05, 0) is 31.5 Å². The van der Waals surface area contributed by atoms with Crippen LogP contribution in [0.3, 0.4) is 0 Å². The smallest absolute Gasteiger partial charge is 0.341 e. The minimum Gasteiger partial charge on any atom is -0.462 e. The van der Waals surface area contributed by atoms with Gasteiger partial charge in [0.15, 0.2) is 0 Å². The van der Waals surface area contributed by atoms with E-state index in [1.54, 1.807) is 19.1 Å². The number of aromatic nitrogens is 1. The van der Waals surface area contributed by atoms with Crippen molar-refractivity contribution >= 4 is 39.8 Å². The van der Waals surface area contributed by atoms with Gasteiger partial charge in [-0.3, -0.25) is 4.79 Å². The summed E-state index contributed by atoms with van der Waals surface area (Å²) >= 11 is 7.06. The van der Waals surface area contributed by atoms with Gasteiger partial charge in [-0.15, -0.1) is 11.3 Å². The van der Waals surface area contributed by atoms with Crippen LogP contribution in [-0.4, -0.2) is 23.5 Å². The van der Waals surface area contributed by atoms with E-state index >= 15 is 0 Å². The number of esters is 1. The lowest BCUT2D eigenvalue weighted by atomic mass is 10.2. The number of halogens is 1. The molecule has 116 valence electrons. The van der Waals surface area contributed by atoms with Crippen molar-refractivity contribution < 1.29 is 14.3 Å². The van der Waals surface area contributed by atoms with Gasteiger partial charge in [0, 0.05) is 11.1 Å². The average Bonchev–Trinajstić information content (AvgIpc) is 2.91. The van der Waals surface area contributed by atoms with Crippen LogP contribution in [0.15, 0.2) is 24.4 Å². The molecule has 5 nitrogen and oxygen atoms in total. The van der Waals surface area contributed by atoms with Crippen molar-refractivity contribution in [3.8, 4) is 0 Å². The normalized spacial score (nSPS) is 10.3. The highest BCUT2D eigenvalue weighted by molar-refractivity contribution is 7.16. The van der Waals surface area contributed by atoms with Crippen LogP contribution < -0.4 is 5.32 Å². The predicted molar refractivity (Wildman–Crippen MR) is 86.9 cm³/mol. The SMILES string of the molecule is CCOC(=O)c1cc(CC)sc1NC(=O)c1ccc(Cl)nc1. The molecule has 0 unspecified atom stereocenters. The number of ether oxygens (including phenoxy) is 1. The van der Waals surface area contributed by atoms with E-state index < -0.39 is 5.97 Å². The Bertz CT molecular complexity index is 683. The van der Waals surface area contributed by atoms with Gasteiger partial charge in [0.25, 0.3) is 5.91 Å². The summed E-state index contributed by atoms with van der Waals surface area (Å²) in [6.45, 7) is 4.00. The number of hydrogen-bond acceptors (Lipinski definition) is 5. The molecule has 1 N–H and O–H groups in total. The zero-order valence-electron chi connectivity index (χ0n) is 12.2. The van der Waals surface area contributed by atoms with Crippen molar-refractivity contribution in [2.24, 2.45) is 0 Å². The number of aryl methyl sites for hydroxylation is 1. The number of pyridine rings is 1.